The van der Waals surface area contributed by atoms with Gasteiger partial charge in [0.1, 0.15) is 5.58 Å². The fraction of sp³-hybridized carbons (Fsp3) is 0.500. The van der Waals surface area contributed by atoms with Crippen LogP contribution in [0, 0.1) is 0 Å². The molecule has 6 aromatic rings. The molecule has 5 aromatic carbocycles. The lowest BCUT2D eigenvalue weighted by Crippen LogP contribution is -2.61. The lowest BCUT2D eigenvalue weighted by Gasteiger charge is -2.48. The molecular weight excluding hydrogens is 900 g/mol. The average molecular weight is 984 g/mol. The van der Waals surface area contributed by atoms with Crippen molar-refractivity contribution in [2.75, 3.05) is 9.80 Å². The van der Waals surface area contributed by atoms with Crippen molar-refractivity contribution in [1.29, 1.82) is 0 Å². The van der Waals surface area contributed by atoms with Crippen LogP contribution in [-0.2, 0) is 37.9 Å². The molecule has 0 N–H and O–H groups in total. The van der Waals surface area contributed by atoms with E-state index in [1.165, 1.54) is 133 Å². The Balaban J connectivity index is 1.25. The highest BCUT2D eigenvalue weighted by molar-refractivity contribution is 7.01. The molecule has 5 heteroatoms. The van der Waals surface area contributed by atoms with Crippen LogP contribution in [0.5, 0.6) is 0 Å². The summed E-state index contributed by atoms with van der Waals surface area (Å²) >= 11 is 0. The molecule has 2 unspecified atom stereocenters. The molecule has 73 heavy (non-hydrogen) atoms. The predicted molar refractivity (Wildman–Crippen MR) is 317 cm³/mol. The molecule has 0 fully saturated rings. The molecule has 0 spiro atoms. The zero-order valence-electron chi connectivity index (χ0n) is 47.9. The Bertz CT molecular complexity index is 3310. The molecule has 379 valence electrons. The highest BCUT2D eigenvalue weighted by Crippen LogP contribution is 2.56. The van der Waals surface area contributed by atoms with Gasteiger partial charge in [-0.2, -0.15) is 0 Å². The van der Waals surface area contributed by atoms with Gasteiger partial charge >= 0.3 is 0 Å². The average Bonchev–Trinajstić information content (AvgIpc) is 3.71. The maximum atomic E-state index is 7.58. The second-order valence-electron chi connectivity index (χ2n) is 29.3. The van der Waals surface area contributed by atoms with Crippen molar-refractivity contribution in [3.05, 3.63) is 136 Å². The number of rotatable bonds is 4. The van der Waals surface area contributed by atoms with Crippen LogP contribution < -0.4 is 26.2 Å². The Labute approximate surface area is 442 Å². The summed E-state index contributed by atoms with van der Waals surface area (Å²) in [5.41, 5.74) is 24.4. The Morgan fingerprint density at radius 1 is 0.507 bits per heavy atom. The van der Waals surface area contributed by atoms with Gasteiger partial charge in [-0.15, -0.1) is 0 Å². The van der Waals surface area contributed by atoms with E-state index in [1.54, 1.807) is 0 Å². The quantitative estimate of drug-likeness (QED) is 0.129. The normalized spacial score (nSPS) is 23.3. The first-order valence-corrected chi connectivity index (χ1v) is 31.0. The van der Waals surface area contributed by atoms with Crippen LogP contribution in [0.1, 0.15) is 206 Å². The largest absolute Gasteiger partial charge is 0.440 e. The van der Waals surface area contributed by atoms with E-state index in [4.69, 9.17) is 4.42 Å². The zero-order chi connectivity index (χ0) is 51.9. The van der Waals surface area contributed by atoms with Crippen molar-refractivity contribution in [3.63, 3.8) is 0 Å². The van der Waals surface area contributed by atoms with E-state index in [2.05, 4.69) is 218 Å². The summed E-state index contributed by atoms with van der Waals surface area (Å²) in [6.45, 7) is 42.0. The van der Waals surface area contributed by atoms with Crippen LogP contribution in [-0.4, -0.2) is 15.5 Å². The summed E-state index contributed by atoms with van der Waals surface area (Å²) < 4.78 is 7.58. The molecule has 3 heterocycles. The molecule has 3 nitrogen and oxygen atoms in total. The van der Waals surface area contributed by atoms with Gasteiger partial charge in [-0.1, -0.05) is 153 Å². The molecule has 12 rings (SSSR count). The van der Waals surface area contributed by atoms with Crippen molar-refractivity contribution >= 4 is 77.2 Å². The van der Waals surface area contributed by atoms with E-state index >= 15 is 0 Å². The van der Waals surface area contributed by atoms with Gasteiger partial charge in [0.2, 0.25) is 5.88 Å². The van der Waals surface area contributed by atoms with Crippen molar-refractivity contribution < 1.29 is 4.42 Å². The summed E-state index contributed by atoms with van der Waals surface area (Å²) in [5, 5.41) is 1.24. The number of allylic oxidation sites excluding steroid dienone is 2. The van der Waals surface area contributed by atoms with Gasteiger partial charge in [0.15, 0.2) is 0 Å². The Morgan fingerprint density at radius 2 is 0.986 bits per heavy atom. The minimum Gasteiger partial charge on any atom is -0.440 e. The molecular formula is C68H84BN2OSi. The standard InChI is InChI=1S/C68H84BN2OSi/c1-62(2,3)42-22-27-57-46(36-42)59-61(72-57)71(44-24-26-48-50(38-44)66(10,11)31-29-64(48,6)7)56-35-41(45-20-18-19-21-58(45)73(16)17)34-55-60(56)69(59)53-39-51-52(68(14,15)33-32-67(51,12)13)40-54(53)70(55)43-23-25-47-49(37-43)65(8,9)30-28-63(47,4)5/h18-19,22-27,34-40,45,58H,20-21,28-33H2,1-17H3. The monoisotopic (exact) mass is 984 g/mol. The van der Waals surface area contributed by atoms with Crippen molar-refractivity contribution in [3.8, 4) is 0 Å². The number of fused-ring (bicyclic) bond motifs is 9. The van der Waals surface area contributed by atoms with Gasteiger partial charge in [0, 0.05) is 48.1 Å². The SMILES string of the molecule is C[Si](C)C1CC=CCC1c1cc2c3c(c1)N(c1ccc4c(c1)C(C)(C)CCC4(C)C)c1oc4ccc(C(C)(C)C)cc4c1B3c1cc3c(cc1N2c1ccc2c(c1)C(C)(C)CCC2(C)C)C(C)(C)CCC3(C)C. The number of hydrogen-bond acceptors (Lipinski definition) is 3. The molecule has 2 aliphatic heterocycles. The van der Waals surface area contributed by atoms with Crippen LogP contribution >= 0.6 is 0 Å². The second kappa shape index (κ2) is 15.9. The molecule has 2 atom stereocenters. The molecule has 0 saturated carbocycles. The van der Waals surface area contributed by atoms with E-state index < -0.39 is 8.80 Å². The molecule has 4 aliphatic carbocycles. The first kappa shape index (κ1) is 49.2. The van der Waals surface area contributed by atoms with Gasteiger partial charge in [0.05, 0.1) is 0 Å². The first-order valence-electron chi connectivity index (χ1n) is 28.4. The van der Waals surface area contributed by atoms with Crippen LogP contribution in [0.2, 0.25) is 18.6 Å². The number of hydrogen-bond donors (Lipinski definition) is 0. The van der Waals surface area contributed by atoms with E-state index in [9.17, 15) is 0 Å². The summed E-state index contributed by atoms with van der Waals surface area (Å²) in [5.74, 6) is 1.42. The van der Waals surface area contributed by atoms with Gasteiger partial charge in [-0.3, -0.25) is 4.90 Å². The fourth-order valence-corrected chi connectivity index (χ4v) is 16.8. The van der Waals surface area contributed by atoms with Gasteiger partial charge in [-0.25, -0.2) is 0 Å². The summed E-state index contributed by atoms with van der Waals surface area (Å²) in [4.78, 5) is 5.40. The smallest absolute Gasteiger partial charge is 0.257 e. The van der Waals surface area contributed by atoms with Gasteiger partial charge in [0.25, 0.3) is 6.71 Å². The van der Waals surface area contributed by atoms with E-state index in [1.807, 2.05) is 0 Å². The van der Waals surface area contributed by atoms with Crippen LogP contribution in [0.15, 0.2) is 95.4 Å². The maximum Gasteiger partial charge on any atom is 0.257 e. The predicted octanol–water partition coefficient (Wildman–Crippen LogP) is 17.4. The van der Waals surface area contributed by atoms with Crippen molar-refractivity contribution in [2.45, 2.75) is 218 Å². The number of nitrogens with zero attached hydrogens (tertiary/aromatic N) is 2. The van der Waals surface area contributed by atoms with Crippen LogP contribution in [0.3, 0.4) is 0 Å². The third-order valence-electron chi connectivity index (χ3n) is 20.3. The van der Waals surface area contributed by atoms with E-state index in [0.29, 0.717) is 11.5 Å². The van der Waals surface area contributed by atoms with Crippen molar-refractivity contribution in [2.24, 2.45) is 0 Å². The minimum atomic E-state index is -0.626. The van der Waals surface area contributed by atoms with Crippen LogP contribution in [0.25, 0.3) is 11.0 Å². The van der Waals surface area contributed by atoms with Crippen molar-refractivity contribution in [1.82, 2.24) is 0 Å². The molecule has 0 amide bonds. The summed E-state index contributed by atoms with van der Waals surface area (Å²) in [6, 6.07) is 33.1. The highest BCUT2D eigenvalue weighted by Gasteiger charge is 2.50. The second-order valence-corrected chi connectivity index (χ2v) is 32.2. The lowest BCUT2D eigenvalue weighted by atomic mass is 9.33. The van der Waals surface area contributed by atoms with Gasteiger partial charge in [-0.05, 0) is 211 Å². The number of furan rings is 1. The lowest BCUT2D eigenvalue weighted by molar-refractivity contribution is 0.332. The molecule has 0 saturated heterocycles. The maximum absolute atomic E-state index is 7.58. The summed E-state index contributed by atoms with van der Waals surface area (Å²) in [6.07, 6.45) is 14.3. The summed E-state index contributed by atoms with van der Waals surface area (Å²) in [7, 11) is -0.626. The Hall–Kier alpha value is -4.74. The van der Waals surface area contributed by atoms with E-state index in [0.717, 1.165) is 24.3 Å². The zero-order valence-corrected chi connectivity index (χ0v) is 48.9. The third kappa shape index (κ3) is 7.44. The van der Waals surface area contributed by atoms with Crippen LogP contribution in [0.4, 0.5) is 34.3 Å². The topological polar surface area (TPSA) is 19.6 Å². The fourth-order valence-electron chi connectivity index (χ4n) is 15.1. The molecule has 1 radical (unpaired) electrons. The number of benzene rings is 5. The van der Waals surface area contributed by atoms with Gasteiger partial charge < -0.3 is 9.32 Å². The minimum absolute atomic E-state index is 0.0316. The third-order valence-corrected chi connectivity index (χ3v) is 22.5. The van der Waals surface area contributed by atoms with E-state index in [-0.39, 0.29) is 44.6 Å². The molecule has 1 aromatic heterocycles. The highest BCUT2D eigenvalue weighted by atomic mass is 28.3. The molecule has 0 bridgehead atoms. The first-order chi connectivity index (χ1) is 34.1. The molecule has 6 aliphatic rings. The Morgan fingerprint density at radius 3 is 1.52 bits per heavy atom. The number of anilines is 6. The Kier molecular flexibility index (Phi) is 10.7.